The van der Waals surface area contributed by atoms with Gasteiger partial charge in [0.15, 0.2) is 0 Å². The van der Waals surface area contributed by atoms with Crippen molar-refractivity contribution in [2.24, 2.45) is 5.73 Å². The Morgan fingerprint density at radius 2 is 2.04 bits per heavy atom. The van der Waals surface area contributed by atoms with E-state index in [2.05, 4.69) is 17.4 Å². The Labute approximate surface area is 136 Å². The lowest BCUT2D eigenvalue weighted by Gasteiger charge is -2.17. The van der Waals surface area contributed by atoms with Crippen LogP contribution < -0.4 is 15.8 Å². The monoisotopic (exact) mass is 310 g/mol. The molecule has 2 atom stereocenters. The minimum atomic E-state index is -0.248. The largest absolute Gasteiger partial charge is 0.497 e. The Morgan fingerprint density at radius 1 is 1.26 bits per heavy atom. The number of benzene rings is 2. The van der Waals surface area contributed by atoms with Gasteiger partial charge in [-0.15, -0.1) is 0 Å². The number of hydrogen-bond acceptors (Lipinski definition) is 3. The summed E-state index contributed by atoms with van der Waals surface area (Å²) in [4.78, 5) is 12.1. The average molecular weight is 310 g/mol. The molecule has 2 unspecified atom stereocenters. The lowest BCUT2D eigenvalue weighted by atomic mass is 9.90. The average Bonchev–Trinajstić information content (AvgIpc) is 2.90. The van der Waals surface area contributed by atoms with Crippen LogP contribution in [0.2, 0.25) is 0 Å². The Morgan fingerprint density at radius 3 is 2.74 bits per heavy atom. The van der Waals surface area contributed by atoms with E-state index in [1.807, 2.05) is 38.1 Å². The maximum atomic E-state index is 12.1. The topological polar surface area (TPSA) is 64.4 Å². The summed E-state index contributed by atoms with van der Waals surface area (Å²) in [5, 5.41) is 2.99. The molecule has 0 bridgehead atoms. The van der Waals surface area contributed by atoms with Crippen molar-refractivity contribution < 1.29 is 9.53 Å². The van der Waals surface area contributed by atoms with Gasteiger partial charge in [-0.1, -0.05) is 31.2 Å². The van der Waals surface area contributed by atoms with Gasteiger partial charge >= 0.3 is 0 Å². The van der Waals surface area contributed by atoms with Gasteiger partial charge in [0.25, 0.3) is 0 Å². The van der Waals surface area contributed by atoms with Crippen LogP contribution in [0.4, 0.5) is 5.69 Å². The Hall–Kier alpha value is -2.33. The Kier molecular flexibility index (Phi) is 4.09. The fourth-order valence-electron chi connectivity index (χ4n) is 3.25. The molecule has 3 N–H and O–H groups in total. The predicted molar refractivity (Wildman–Crippen MR) is 91.9 cm³/mol. The van der Waals surface area contributed by atoms with Gasteiger partial charge < -0.3 is 15.8 Å². The molecule has 0 saturated heterocycles. The van der Waals surface area contributed by atoms with Crippen molar-refractivity contribution in [3.63, 3.8) is 0 Å². The number of carbonyl (C=O) groups excluding carboxylic acids is 1. The number of aryl methyl sites for hydroxylation is 1. The molecule has 120 valence electrons. The molecule has 1 aliphatic rings. The summed E-state index contributed by atoms with van der Waals surface area (Å²) < 4.78 is 5.28. The van der Waals surface area contributed by atoms with Gasteiger partial charge in [0.1, 0.15) is 5.75 Å². The van der Waals surface area contributed by atoms with Crippen molar-refractivity contribution in [1.29, 1.82) is 0 Å². The number of ether oxygens (including phenoxy) is 1. The highest BCUT2D eigenvalue weighted by Gasteiger charge is 2.31. The van der Waals surface area contributed by atoms with Gasteiger partial charge in [-0.3, -0.25) is 4.79 Å². The molecule has 0 aromatic heterocycles. The standard InChI is InChI=1S/C19H22N2O2/c1-4-15-16-10-13(8-11(2)18(16)21-19(15)22)17(20)12-6-5-7-14(9-12)23-3/h5-10,15,17H,4,20H2,1-3H3,(H,21,22). The first kappa shape index (κ1) is 15.6. The molecule has 2 aromatic carbocycles. The number of fused-ring (bicyclic) bond motifs is 1. The van der Waals surface area contributed by atoms with Crippen LogP contribution in [0.15, 0.2) is 36.4 Å². The van der Waals surface area contributed by atoms with Crippen LogP contribution in [0.25, 0.3) is 0 Å². The lowest BCUT2D eigenvalue weighted by molar-refractivity contribution is -0.117. The highest BCUT2D eigenvalue weighted by Crippen LogP contribution is 2.39. The summed E-state index contributed by atoms with van der Waals surface area (Å²) in [7, 11) is 1.65. The van der Waals surface area contributed by atoms with Crippen LogP contribution >= 0.6 is 0 Å². The fraction of sp³-hybridized carbons (Fsp3) is 0.316. The van der Waals surface area contributed by atoms with Crippen LogP contribution in [0.3, 0.4) is 0 Å². The number of anilines is 1. The second kappa shape index (κ2) is 6.05. The minimum absolute atomic E-state index is 0.0812. The SMILES string of the molecule is CCC1C(=O)Nc2c(C)cc(C(N)c3cccc(OC)c3)cc21. The molecule has 0 radical (unpaired) electrons. The molecular weight excluding hydrogens is 288 g/mol. The molecule has 4 nitrogen and oxygen atoms in total. The molecule has 2 aromatic rings. The molecule has 0 aliphatic carbocycles. The summed E-state index contributed by atoms with van der Waals surface area (Å²) in [5.74, 6) is 0.790. The third-order valence-corrected chi connectivity index (χ3v) is 4.55. The van der Waals surface area contributed by atoms with Gasteiger partial charge in [0, 0.05) is 5.69 Å². The predicted octanol–water partition coefficient (Wildman–Crippen LogP) is 3.50. The van der Waals surface area contributed by atoms with Gasteiger partial charge in [0.05, 0.1) is 19.1 Å². The number of nitrogens with one attached hydrogen (secondary N) is 1. The van der Waals surface area contributed by atoms with E-state index in [1.165, 1.54) is 0 Å². The van der Waals surface area contributed by atoms with E-state index in [0.29, 0.717) is 0 Å². The quantitative estimate of drug-likeness (QED) is 0.908. The zero-order valence-electron chi connectivity index (χ0n) is 13.7. The first-order valence-electron chi connectivity index (χ1n) is 7.90. The zero-order chi connectivity index (χ0) is 16.6. The van der Waals surface area contributed by atoms with Gasteiger partial charge in [-0.25, -0.2) is 0 Å². The van der Waals surface area contributed by atoms with Gasteiger partial charge in [-0.05, 0) is 47.7 Å². The molecule has 23 heavy (non-hydrogen) atoms. The summed E-state index contributed by atoms with van der Waals surface area (Å²) >= 11 is 0. The summed E-state index contributed by atoms with van der Waals surface area (Å²) in [6.45, 7) is 4.04. The molecule has 1 amide bonds. The second-order valence-electron chi connectivity index (χ2n) is 6.01. The smallest absolute Gasteiger partial charge is 0.232 e. The van der Waals surface area contributed by atoms with E-state index in [-0.39, 0.29) is 17.9 Å². The van der Waals surface area contributed by atoms with E-state index in [4.69, 9.17) is 10.5 Å². The van der Waals surface area contributed by atoms with Crippen molar-refractivity contribution in [1.82, 2.24) is 0 Å². The van der Waals surface area contributed by atoms with Crippen LogP contribution in [0, 0.1) is 6.92 Å². The van der Waals surface area contributed by atoms with Crippen LogP contribution in [0.1, 0.15) is 47.6 Å². The maximum absolute atomic E-state index is 12.1. The van der Waals surface area contributed by atoms with Crippen molar-refractivity contribution in [3.8, 4) is 5.75 Å². The van der Waals surface area contributed by atoms with E-state index in [1.54, 1.807) is 7.11 Å². The summed E-state index contributed by atoms with van der Waals surface area (Å²) in [6, 6.07) is 11.7. The Bertz CT molecular complexity index is 755. The Balaban J connectivity index is 2.02. The molecular formula is C19H22N2O2. The van der Waals surface area contributed by atoms with Crippen LogP contribution in [-0.2, 0) is 4.79 Å². The van der Waals surface area contributed by atoms with E-state index < -0.39 is 0 Å². The van der Waals surface area contributed by atoms with Crippen LogP contribution in [-0.4, -0.2) is 13.0 Å². The first-order chi connectivity index (χ1) is 11.0. The lowest BCUT2D eigenvalue weighted by Crippen LogP contribution is -2.13. The van der Waals surface area contributed by atoms with Gasteiger partial charge in [-0.2, -0.15) is 0 Å². The molecule has 4 heteroatoms. The molecule has 3 rings (SSSR count). The summed E-state index contributed by atoms with van der Waals surface area (Å²) in [6.07, 6.45) is 0.788. The van der Waals surface area contributed by atoms with E-state index in [0.717, 1.165) is 40.1 Å². The normalized spacial score (nSPS) is 17.6. The molecule has 0 spiro atoms. The van der Waals surface area contributed by atoms with E-state index >= 15 is 0 Å². The number of nitrogens with two attached hydrogens (primary N) is 1. The molecule has 0 fully saturated rings. The van der Waals surface area contributed by atoms with Crippen LogP contribution in [0.5, 0.6) is 5.75 Å². The van der Waals surface area contributed by atoms with Crippen molar-refractivity contribution in [2.45, 2.75) is 32.2 Å². The molecule has 1 aliphatic heterocycles. The number of amides is 1. The number of rotatable bonds is 4. The number of carbonyl (C=O) groups is 1. The number of methoxy groups -OCH3 is 1. The third-order valence-electron chi connectivity index (χ3n) is 4.55. The molecule has 0 saturated carbocycles. The highest BCUT2D eigenvalue weighted by atomic mass is 16.5. The second-order valence-corrected chi connectivity index (χ2v) is 6.01. The van der Waals surface area contributed by atoms with Crippen molar-refractivity contribution in [3.05, 3.63) is 58.7 Å². The highest BCUT2D eigenvalue weighted by molar-refractivity contribution is 6.03. The van der Waals surface area contributed by atoms with Gasteiger partial charge in [0.2, 0.25) is 5.91 Å². The summed E-state index contributed by atoms with van der Waals surface area (Å²) in [5.41, 5.74) is 11.5. The van der Waals surface area contributed by atoms with E-state index in [9.17, 15) is 4.79 Å². The maximum Gasteiger partial charge on any atom is 0.232 e. The van der Waals surface area contributed by atoms with Crippen molar-refractivity contribution in [2.75, 3.05) is 12.4 Å². The van der Waals surface area contributed by atoms with Crippen molar-refractivity contribution >= 4 is 11.6 Å². The third kappa shape index (κ3) is 2.70. The fourth-order valence-corrected chi connectivity index (χ4v) is 3.25. The molecule has 1 heterocycles. The first-order valence-corrected chi connectivity index (χ1v) is 7.90. The zero-order valence-corrected chi connectivity index (χ0v) is 13.7. The number of hydrogen-bond donors (Lipinski definition) is 2. The minimum Gasteiger partial charge on any atom is -0.497 e.